The van der Waals surface area contributed by atoms with E-state index in [1.165, 1.54) is 18.2 Å². The molecule has 0 saturated carbocycles. The van der Waals surface area contributed by atoms with Gasteiger partial charge in [-0.25, -0.2) is 4.39 Å². The monoisotopic (exact) mass is 247 g/mol. The first-order valence-electron chi connectivity index (χ1n) is 5.67. The summed E-state index contributed by atoms with van der Waals surface area (Å²) in [6.07, 6.45) is 0.962. The maximum absolute atomic E-state index is 13.2. The molecule has 1 atom stereocenters. The van der Waals surface area contributed by atoms with Crippen molar-refractivity contribution in [3.05, 3.63) is 59.7 Å². The van der Waals surface area contributed by atoms with Crippen molar-refractivity contribution >= 4 is 0 Å². The predicted molar refractivity (Wildman–Crippen MR) is 65.6 cm³/mol. The fourth-order valence-corrected chi connectivity index (χ4v) is 1.61. The van der Waals surface area contributed by atoms with Crippen molar-refractivity contribution in [3.63, 3.8) is 0 Å². The number of aromatic nitrogens is 1. The molecule has 4 heteroatoms. The second-order valence-corrected chi connectivity index (χ2v) is 3.97. The van der Waals surface area contributed by atoms with Gasteiger partial charge in [-0.15, -0.1) is 0 Å². The maximum Gasteiger partial charge on any atom is 0.130 e. The molecule has 94 valence electrons. The highest BCUT2D eigenvalue weighted by molar-refractivity contribution is 5.35. The summed E-state index contributed by atoms with van der Waals surface area (Å²) in [4.78, 5) is 4.11. The molecule has 18 heavy (non-hydrogen) atoms. The van der Waals surface area contributed by atoms with Crippen molar-refractivity contribution in [2.75, 3.05) is 0 Å². The Labute approximate surface area is 105 Å². The number of pyridine rings is 1. The summed E-state index contributed by atoms with van der Waals surface area (Å²) >= 11 is 0. The standard InChI is InChI=1S/C14H14FNO2/c1-10(17)13-6-5-11(15)8-14(13)18-9-12-4-2-3-7-16-12/h2-8,10,17H,9H2,1H3/t10-/m1/s1. The maximum atomic E-state index is 13.2. The molecule has 0 amide bonds. The van der Waals surface area contributed by atoms with Gasteiger partial charge in [0, 0.05) is 17.8 Å². The molecule has 0 radical (unpaired) electrons. The van der Waals surface area contributed by atoms with Crippen LogP contribution in [-0.2, 0) is 6.61 Å². The third-order valence-electron chi connectivity index (χ3n) is 2.53. The molecule has 1 heterocycles. The molecule has 0 saturated heterocycles. The van der Waals surface area contributed by atoms with Crippen LogP contribution in [0.25, 0.3) is 0 Å². The Hall–Kier alpha value is -1.94. The number of halogens is 1. The zero-order valence-electron chi connectivity index (χ0n) is 10.0. The van der Waals surface area contributed by atoms with E-state index in [4.69, 9.17) is 4.74 Å². The van der Waals surface area contributed by atoms with E-state index in [1.807, 2.05) is 18.2 Å². The molecule has 0 bridgehead atoms. The highest BCUT2D eigenvalue weighted by Crippen LogP contribution is 2.26. The van der Waals surface area contributed by atoms with E-state index in [0.717, 1.165) is 5.69 Å². The number of aliphatic hydroxyl groups is 1. The minimum atomic E-state index is -0.704. The lowest BCUT2D eigenvalue weighted by molar-refractivity contribution is 0.189. The Morgan fingerprint density at radius 1 is 1.33 bits per heavy atom. The lowest BCUT2D eigenvalue weighted by Gasteiger charge is -2.13. The molecule has 0 aliphatic carbocycles. The van der Waals surface area contributed by atoms with Gasteiger partial charge in [-0.3, -0.25) is 4.98 Å². The second-order valence-electron chi connectivity index (χ2n) is 3.97. The summed E-state index contributed by atoms with van der Waals surface area (Å²) in [5.74, 6) is -0.0499. The van der Waals surface area contributed by atoms with Crippen LogP contribution in [0, 0.1) is 5.82 Å². The first-order chi connectivity index (χ1) is 8.66. The SMILES string of the molecule is C[C@@H](O)c1ccc(F)cc1OCc1ccccn1. The van der Waals surface area contributed by atoms with Gasteiger partial charge in [0.15, 0.2) is 0 Å². The van der Waals surface area contributed by atoms with Crippen LogP contribution in [0.1, 0.15) is 24.3 Å². The average molecular weight is 247 g/mol. The summed E-state index contributed by atoms with van der Waals surface area (Å²) in [5, 5.41) is 9.57. The van der Waals surface area contributed by atoms with Crippen molar-refractivity contribution in [2.24, 2.45) is 0 Å². The highest BCUT2D eigenvalue weighted by atomic mass is 19.1. The van der Waals surface area contributed by atoms with E-state index < -0.39 is 11.9 Å². The summed E-state index contributed by atoms with van der Waals surface area (Å²) in [5.41, 5.74) is 1.31. The third-order valence-corrected chi connectivity index (χ3v) is 2.53. The van der Waals surface area contributed by atoms with Gasteiger partial charge in [-0.05, 0) is 31.2 Å². The van der Waals surface area contributed by atoms with Gasteiger partial charge in [0.25, 0.3) is 0 Å². The van der Waals surface area contributed by atoms with Crippen LogP contribution in [0.5, 0.6) is 5.75 Å². The number of hydrogen-bond acceptors (Lipinski definition) is 3. The van der Waals surface area contributed by atoms with E-state index in [1.54, 1.807) is 13.1 Å². The molecule has 0 aliphatic heterocycles. The topological polar surface area (TPSA) is 42.4 Å². The van der Waals surface area contributed by atoms with Crippen molar-refractivity contribution in [1.82, 2.24) is 4.98 Å². The van der Waals surface area contributed by atoms with Crippen LogP contribution in [0.2, 0.25) is 0 Å². The van der Waals surface area contributed by atoms with Gasteiger partial charge >= 0.3 is 0 Å². The number of aliphatic hydroxyl groups excluding tert-OH is 1. The molecule has 2 aromatic rings. The first kappa shape index (κ1) is 12.5. The molecule has 3 nitrogen and oxygen atoms in total. The molecule has 0 fully saturated rings. The van der Waals surface area contributed by atoms with Gasteiger partial charge in [0.2, 0.25) is 0 Å². The van der Waals surface area contributed by atoms with E-state index >= 15 is 0 Å². The van der Waals surface area contributed by atoms with E-state index in [0.29, 0.717) is 11.3 Å². The van der Waals surface area contributed by atoms with Crippen LogP contribution in [-0.4, -0.2) is 10.1 Å². The molecule has 1 aromatic carbocycles. The van der Waals surface area contributed by atoms with Gasteiger partial charge in [-0.2, -0.15) is 0 Å². The van der Waals surface area contributed by atoms with Gasteiger partial charge in [-0.1, -0.05) is 6.07 Å². The number of nitrogens with zero attached hydrogens (tertiary/aromatic N) is 1. The molecule has 1 N–H and O–H groups in total. The van der Waals surface area contributed by atoms with Crippen LogP contribution in [0.4, 0.5) is 4.39 Å². The minimum Gasteiger partial charge on any atom is -0.487 e. The quantitative estimate of drug-likeness (QED) is 0.903. The fourth-order valence-electron chi connectivity index (χ4n) is 1.61. The summed E-state index contributed by atoms with van der Waals surface area (Å²) in [6.45, 7) is 1.85. The Morgan fingerprint density at radius 2 is 2.17 bits per heavy atom. The molecule has 0 aliphatic rings. The molecular formula is C14H14FNO2. The summed E-state index contributed by atoms with van der Waals surface area (Å²) < 4.78 is 18.7. The lowest BCUT2D eigenvalue weighted by Crippen LogP contribution is -2.02. The number of ether oxygens (including phenoxy) is 1. The lowest BCUT2D eigenvalue weighted by atomic mass is 10.1. The molecular weight excluding hydrogens is 233 g/mol. The highest BCUT2D eigenvalue weighted by Gasteiger charge is 2.10. The van der Waals surface area contributed by atoms with Crippen molar-refractivity contribution in [2.45, 2.75) is 19.6 Å². The van der Waals surface area contributed by atoms with Crippen LogP contribution in [0.3, 0.4) is 0 Å². The van der Waals surface area contributed by atoms with Crippen molar-refractivity contribution in [3.8, 4) is 5.75 Å². The third kappa shape index (κ3) is 3.05. The Bertz CT molecular complexity index is 514. The Kier molecular flexibility index (Phi) is 3.89. The van der Waals surface area contributed by atoms with Gasteiger partial charge < -0.3 is 9.84 Å². The fraction of sp³-hybridized carbons (Fsp3) is 0.214. The van der Waals surface area contributed by atoms with Gasteiger partial charge in [0.05, 0.1) is 11.8 Å². The first-order valence-corrected chi connectivity index (χ1v) is 5.67. The zero-order valence-corrected chi connectivity index (χ0v) is 10.0. The Balaban J connectivity index is 2.15. The van der Waals surface area contributed by atoms with Crippen LogP contribution in [0.15, 0.2) is 42.6 Å². The van der Waals surface area contributed by atoms with E-state index in [-0.39, 0.29) is 6.61 Å². The molecule has 2 rings (SSSR count). The van der Waals surface area contributed by atoms with Crippen molar-refractivity contribution in [1.29, 1.82) is 0 Å². The molecule has 0 unspecified atom stereocenters. The zero-order chi connectivity index (χ0) is 13.0. The number of benzene rings is 1. The largest absolute Gasteiger partial charge is 0.487 e. The minimum absolute atomic E-state index is 0.240. The van der Waals surface area contributed by atoms with E-state index in [9.17, 15) is 9.50 Å². The number of hydrogen-bond donors (Lipinski definition) is 1. The smallest absolute Gasteiger partial charge is 0.130 e. The van der Waals surface area contributed by atoms with Crippen LogP contribution >= 0.6 is 0 Å². The van der Waals surface area contributed by atoms with Crippen molar-refractivity contribution < 1.29 is 14.2 Å². The summed E-state index contributed by atoms with van der Waals surface area (Å²) in [6, 6.07) is 9.58. The molecule has 1 aromatic heterocycles. The Morgan fingerprint density at radius 3 is 2.83 bits per heavy atom. The second kappa shape index (κ2) is 5.60. The summed E-state index contributed by atoms with van der Waals surface area (Å²) in [7, 11) is 0. The normalized spacial score (nSPS) is 12.2. The van der Waals surface area contributed by atoms with Gasteiger partial charge in [0.1, 0.15) is 18.2 Å². The number of rotatable bonds is 4. The molecule has 0 spiro atoms. The van der Waals surface area contributed by atoms with E-state index in [2.05, 4.69) is 4.98 Å². The van der Waals surface area contributed by atoms with Crippen LogP contribution < -0.4 is 4.74 Å². The predicted octanol–water partition coefficient (Wildman–Crippen LogP) is 2.85. The average Bonchev–Trinajstić information content (AvgIpc) is 2.37.